The number of esters is 1. The Hall–Kier alpha value is -2.23. The van der Waals surface area contributed by atoms with E-state index in [1.807, 2.05) is 25.3 Å². The summed E-state index contributed by atoms with van der Waals surface area (Å²) in [6.07, 6.45) is 7.85. The number of nitrogens with zero attached hydrogens (tertiary/aromatic N) is 1. The summed E-state index contributed by atoms with van der Waals surface area (Å²) in [5, 5.41) is 1.22. The molecule has 0 N–H and O–H groups in total. The van der Waals surface area contributed by atoms with E-state index < -0.39 is 0 Å². The summed E-state index contributed by atoms with van der Waals surface area (Å²) in [5.74, 6) is 0.494. The zero-order valence-electron chi connectivity index (χ0n) is 14.4. The minimum Gasteiger partial charge on any atom is -0.497 e. The summed E-state index contributed by atoms with van der Waals surface area (Å²) in [5.41, 5.74) is 3.44. The molecule has 0 saturated carbocycles. The average molecular weight is 315 g/mol. The van der Waals surface area contributed by atoms with E-state index in [1.165, 1.54) is 37.0 Å². The first-order valence-electron chi connectivity index (χ1n) is 8.03. The lowest BCUT2D eigenvalue weighted by Crippen LogP contribution is -1.97. The summed E-state index contributed by atoms with van der Waals surface area (Å²) in [6.45, 7) is 2.20. The van der Waals surface area contributed by atoms with E-state index >= 15 is 0 Å². The SMILES string of the molecule is CCCCCc1c(C=CC(=O)OC)n(C)c2cc(OC)ccc12. The maximum atomic E-state index is 11.4. The summed E-state index contributed by atoms with van der Waals surface area (Å²) in [7, 11) is 5.08. The molecular formula is C19H25NO3. The van der Waals surface area contributed by atoms with Crippen molar-refractivity contribution < 1.29 is 14.3 Å². The number of ether oxygens (including phenoxy) is 2. The topological polar surface area (TPSA) is 40.5 Å². The predicted molar refractivity (Wildman–Crippen MR) is 93.8 cm³/mol. The van der Waals surface area contributed by atoms with Crippen molar-refractivity contribution >= 4 is 22.9 Å². The second-order valence-corrected chi connectivity index (χ2v) is 5.62. The highest BCUT2D eigenvalue weighted by Gasteiger charge is 2.14. The lowest BCUT2D eigenvalue weighted by molar-refractivity contribution is -0.134. The second-order valence-electron chi connectivity index (χ2n) is 5.62. The van der Waals surface area contributed by atoms with Gasteiger partial charge in [-0.05, 0) is 36.6 Å². The van der Waals surface area contributed by atoms with Gasteiger partial charge in [-0.15, -0.1) is 0 Å². The fourth-order valence-corrected chi connectivity index (χ4v) is 2.88. The maximum Gasteiger partial charge on any atom is 0.330 e. The molecule has 0 atom stereocenters. The van der Waals surface area contributed by atoms with Crippen molar-refractivity contribution in [1.29, 1.82) is 0 Å². The molecule has 2 aromatic rings. The van der Waals surface area contributed by atoms with Crippen LogP contribution in [0.5, 0.6) is 5.75 Å². The molecule has 1 heterocycles. The van der Waals surface area contributed by atoms with E-state index in [-0.39, 0.29) is 5.97 Å². The third-order valence-electron chi connectivity index (χ3n) is 4.17. The van der Waals surface area contributed by atoms with Gasteiger partial charge in [-0.3, -0.25) is 0 Å². The molecule has 0 spiro atoms. The molecule has 0 unspecified atom stereocenters. The molecule has 4 heteroatoms. The van der Waals surface area contributed by atoms with Crippen molar-refractivity contribution in [2.24, 2.45) is 7.05 Å². The van der Waals surface area contributed by atoms with Crippen molar-refractivity contribution in [3.8, 4) is 5.75 Å². The lowest BCUT2D eigenvalue weighted by atomic mass is 10.0. The van der Waals surface area contributed by atoms with Gasteiger partial charge in [0.05, 0.1) is 19.7 Å². The maximum absolute atomic E-state index is 11.4. The molecule has 4 nitrogen and oxygen atoms in total. The van der Waals surface area contributed by atoms with Crippen molar-refractivity contribution in [2.75, 3.05) is 14.2 Å². The molecule has 0 fully saturated rings. The molecule has 1 aromatic carbocycles. The number of aromatic nitrogens is 1. The summed E-state index contributed by atoms with van der Waals surface area (Å²) >= 11 is 0. The van der Waals surface area contributed by atoms with Gasteiger partial charge in [-0.1, -0.05) is 19.8 Å². The Labute approximate surface area is 137 Å². The Morgan fingerprint density at radius 1 is 1.26 bits per heavy atom. The molecular weight excluding hydrogens is 290 g/mol. The molecule has 0 bridgehead atoms. The Morgan fingerprint density at radius 2 is 2.04 bits per heavy atom. The smallest absolute Gasteiger partial charge is 0.330 e. The Balaban J connectivity index is 2.51. The van der Waals surface area contributed by atoms with Crippen molar-refractivity contribution in [3.63, 3.8) is 0 Å². The van der Waals surface area contributed by atoms with Crippen molar-refractivity contribution in [3.05, 3.63) is 35.5 Å². The van der Waals surface area contributed by atoms with Gasteiger partial charge >= 0.3 is 5.97 Å². The number of unbranched alkanes of at least 4 members (excludes halogenated alkanes) is 2. The third kappa shape index (κ3) is 3.76. The van der Waals surface area contributed by atoms with Gasteiger partial charge < -0.3 is 14.0 Å². The van der Waals surface area contributed by atoms with Crippen LogP contribution in [0.15, 0.2) is 24.3 Å². The Morgan fingerprint density at radius 3 is 2.70 bits per heavy atom. The number of hydrogen-bond donors (Lipinski definition) is 0. The molecule has 0 saturated heterocycles. The lowest BCUT2D eigenvalue weighted by Gasteiger charge is -2.03. The van der Waals surface area contributed by atoms with Crippen LogP contribution in [0.3, 0.4) is 0 Å². The largest absolute Gasteiger partial charge is 0.497 e. The van der Waals surface area contributed by atoms with Gasteiger partial charge in [0.1, 0.15) is 5.75 Å². The van der Waals surface area contributed by atoms with Crippen LogP contribution in [0.2, 0.25) is 0 Å². The number of carbonyl (C=O) groups excluding carboxylic acids is 1. The highest BCUT2D eigenvalue weighted by molar-refractivity contribution is 5.92. The standard InChI is InChI=1S/C19H25NO3/c1-5-6-7-8-15-16-10-9-14(22-3)13-18(16)20(2)17(15)11-12-19(21)23-4/h9-13H,5-8H2,1-4H3. The number of carbonyl (C=O) groups is 1. The van der Waals surface area contributed by atoms with Gasteiger partial charge in [-0.25, -0.2) is 4.79 Å². The van der Waals surface area contributed by atoms with E-state index in [0.717, 1.165) is 29.8 Å². The van der Waals surface area contributed by atoms with E-state index in [0.29, 0.717) is 0 Å². The Bertz CT molecular complexity index is 713. The van der Waals surface area contributed by atoms with Crippen molar-refractivity contribution in [1.82, 2.24) is 4.57 Å². The first kappa shape index (κ1) is 17.1. The van der Waals surface area contributed by atoms with Gasteiger partial charge in [-0.2, -0.15) is 0 Å². The van der Waals surface area contributed by atoms with Crippen LogP contribution < -0.4 is 4.74 Å². The molecule has 0 aliphatic carbocycles. The number of fused-ring (bicyclic) bond motifs is 1. The molecule has 124 valence electrons. The molecule has 0 radical (unpaired) electrons. The van der Waals surface area contributed by atoms with Crippen LogP contribution >= 0.6 is 0 Å². The fourth-order valence-electron chi connectivity index (χ4n) is 2.88. The number of rotatable bonds is 7. The quantitative estimate of drug-likeness (QED) is 0.439. The second kappa shape index (κ2) is 7.86. The van der Waals surface area contributed by atoms with E-state index in [1.54, 1.807) is 7.11 Å². The third-order valence-corrected chi connectivity index (χ3v) is 4.17. The zero-order chi connectivity index (χ0) is 16.8. The van der Waals surface area contributed by atoms with Gasteiger partial charge in [0.15, 0.2) is 0 Å². The number of methoxy groups -OCH3 is 2. The minimum absolute atomic E-state index is 0.340. The molecule has 0 aliphatic rings. The van der Waals surface area contributed by atoms with E-state index in [4.69, 9.17) is 9.47 Å². The van der Waals surface area contributed by atoms with Gasteiger partial charge in [0, 0.05) is 30.3 Å². The zero-order valence-corrected chi connectivity index (χ0v) is 14.4. The van der Waals surface area contributed by atoms with Gasteiger partial charge in [0.25, 0.3) is 0 Å². The summed E-state index contributed by atoms with van der Waals surface area (Å²) in [6, 6.07) is 6.12. The van der Waals surface area contributed by atoms with E-state index in [2.05, 4.69) is 17.6 Å². The van der Waals surface area contributed by atoms with Crippen LogP contribution in [0, 0.1) is 0 Å². The highest BCUT2D eigenvalue weighted by atomic mass is 16.5. The minimum atomic E-state index is -0.340. The average Bonchev–Trinajstić information content (AvgIpc) is 2.84. The molecule has 2 rings (SSSR count). The summed E-state index contributed by atoms with van der Waals surface area (Å²) in [4.78, 5) is 11.4. The highest BCUT2D eigenvalue weighted by Crippen LogP contribution is 2.30. The monoisotopic (exact) mass is 315 g/mol. The first-order valence-corrected chi connectivity index (χ1v) is 8.03. The number of benzene rings is 1. The van der Waals surface area contributed by atoms with Crippen molar-refractivity contribution in [2.45, 2.75) is 32.6 Å². The first-order chi connectivity index (χ1) is 11.1. The predicted octanol–water partition coefficient (Wildman–Crippen LogP) is 4.11. The van der Waals surface area contributed by atoms with Gasteiger partial charge in [0.2, 0.25) is 0 Å². The van der Waals surface area contributed by atoms with Crippen LogP contribution in [0.25, 0.3) is 17.0 Å². The summed E-state index contributed by atoms with van der Waals surface area (Å²) < 4.78 is 12.2. The molecule has 0 amide bonds. The normalized spacial score (nSPS) is 11.3. The van der Waals surface area contributed by atoms with Crippen LogP contribution in [-0.2, 0) is 23.0 Å². The number of hydrogen-bond acceptors (Lipinski definition) is 3. The van der Waals surface area contributed by atoms with Crippen LogP contribution in [0.4, 0.5) is 0 Å². The molecule has 23 heavy (non-hydrogen) atoms. The fraction of sp³-hybridized carbons (Fsp3) is 0.421. The Kier molecular flexibility index (Phi) is 5.85. The van der Waals surface area contributed by atoms with E-state index in [9.17, 15) is 4.79 Å². The van der Waals surface area contributed by atoms with Crippen LogP contribution in [-0.4, -0.2) is 24.8 Å². The molecule has 1 aromatic heterocycles. The molecule has 0 aliphatic heterocycles. The van der Waals surface area contributed by atoms with Crippen LogP contribution in [0.1, 0.15) is 37.4 Å². The number of aryl methyl sites for hydroxylation is 2.